The van der Waals surface area contributed by atoms with Crippen molar-refractivity contribution < 1.29 is 0 Å². The summed E-state index contributed by atoms with van der Waals surface area (Å²) in [5.41, 5.74) is 6.98. The van der Waals surface area contributed by atoms with Crippen molar-refractivity contribution in [2.45, 2.75) is 30.5 Å². The van der Waals surface area contributed by atoms with Crippen LogP contribution in [0, 0.1) is 6.92 Å². The molecule has 0 saturated carbocycles. The van der Waals surface area contributed by atoms with Crippen LogP contribution in [0.25, 0.3) is 0 Å². The molecule has 1 unspecified atom stereocenters. The van der Waals surface area contributed by atoms with Gasteiger partial charge in [0, 0.05) is 20.3 Å². The highest BCUT2D eigenvalue weighted by Gasteiger charge is 2.11. The van der Waals surface area contributed by atoms with Crippen molar-refractivity contribution >= 4 is 39.0 Å². The van der Waals surface area contributed by atoms with E-state index in [1.54, 1.807) is 23.1 Å². The Kier molecular flexibility index (Phi) is 4.84. The fourth-order valence-corrected chi connectivity index (χ4v) is 3.80. The van der Waals surface area contributed by atoms with Crippen molar-refractivity contribution in [3.05, 3.63) is 44.3 Å². The molecule has 0 saturated heterocycles. The van der Waals surface area contributed by atoms with Gasteiger partial charge < -0.3 is 5.73 Å². The quantitative estimate of drug-likeness (QED) is 0.829. The number of hydrogen-bond acceptors (Lipinski definition) is 4. The minimum absolute atomic E-state index is 0.0777. The SMILES string of the molecule is Cc1nc(CSc2ccc(Br)cc2)sc1C(C)N. The second-order valence-electron chi connectivity index (χ2n) is 4.09. The number of hydrogen-bond donors (Lipinski definition) is 1. The minimum atomic E-state index is 0.0777. The summed E-state index contributed by atoms with van der Waals surface area (Å²) in [5, 5.41) is 1.15. The molecule has 1 atom stereocenters. The van der Waals surface area contributed by atoms with Crippen LogP contribution in [0.15, 0.2) is 33.6 Å². The normalized spacial score (nSPS) is 12.7. The second-order valence-corrected chi connectivity index (χ2v) is 7.17. The second kappa shape index (κ2) is 6.19. The predicted octanol–water partition coefficient (Wildman–Crippen LogP) is 4.53. The Morgan fingerprint density at radius 3 is 2.61 bits per heavy atom. The zero-order valence-corrected chi connectivity index (χ0v) is 13.5. The third-order valence-electron chi connectivity index (χ3n) is 2.47. The highest BCUT2D eigenvalue weighted by atomic mass is 79.9. The summed E-state index contributed by atoms with van der Waals surface area (Å²) in [6, 6.07) is 8.42. The van der Waals surface area contributed by atoms with Crippen LogP contribution >= 0.6 is 39.0 Å². The Hall–Kier alpha value is -0.360. The molecule has 5 heteroatoms. The van der Waals surface area contributed by atoms with Crippen LogP contribution < -0.4 is 5.73 Å². The summed E-state index contributed by atoms with van der Waals surface area (Å²) in [5.74, 6) is 0.903. The van der Waals surface area contributed by atoms with E-state index in [9.17, 15) is 0 Å². The molecule has 2 N–H and O–H groups in total. The molecule has 1 aromatic carbocycles. The zero-order chi connectivity index (χ0) is 13.1. The Bertz CT molecular complexity index is 520. The van der Waals surface area contributed by atoms with Gasteiger partial charge in [-0.1, -0.05) is 15.9 Å². The molecule has 0 amide bonds. The number of nitrogens with zero attached hydrogens (tertiary/aromatic N) is 1. The van der Waals surface area contributed by atoms with E-state index in [0.29, 0.717) is 0 Å². The van der Waals surface area contributed by atoms with Crippen molar-refractivity contribution in [2.75, 3.05) is 0 Å². The molecule has 2 aromatic rings. The first-order valence-electron chi connectivity index (χ1n) is 5.66. The number of benzene rings is 1. The lowest BCUT2D eigenvalue weighted by Crippen LogP contribution is -2.03. The van der Waals surface area contributed by atoms with Crippen molar-refractivity contribution in [3.63, 3.8) is 0 Å². The van der Waals surface area contributed by atoms with Crippen LogP contribution in [-0.2, 0) is 5.75 Å². The lowest BCUT2D eigenvalue weighted by molar-refractivity contribution is 0.825. The molecular weight excluding hydrogens is 328 g/mol. The van der Waals surface area contributed by atoms with Gasteiger partial charge in [0.15, 0.2) is 0 Å². The van der Waals surface area contributed by atoms with E-state index in [1.807, 2.05) is 13.8 Å². The van der Waals surface area contributed by atoms with E-state index in [2.05, 4.69) is 45.2 Å². The largest absolute Gasteiger partial charge is 0.323 e. The molecule has 96 valence electrons. The first kappa shape index (κ1) is 14.1. The van der Waals surface area contributed by atoms with Crippen LogP contribution in [0.4, 0.5) is 0 Å². The average molecular weight is 343 g/mol. The Morgan fingerprint density at radius 1 is 1.39 bits per heavy atom. The molecule has 2 nitrogen and oxygen atoms in total. The number of thiazole rings is 1. The maximum atomic E-state index is 5.91. The summed E-state index contributed by atoms with van der Waals surface area (Å²) in [4.78, 5) is 7.03. The minimum Gasteiger partial charge on any atom is -0.323 e. The van der Waals surface area contributed by atoms with Gasteiger partial charge in [0.25, 0.3) is 0 Å². The third-order valence-corrected chi connectivity index (χ3v) is 5.56. The maximum absolute atomic E-state index is 5.91. The number of nitrogens with two attached hydrogens (primary N) is 1. The standard InChI is InChI=1S/C13H15BrN2S2/c1-8(15)13-9(2)16-12(18-13)7-17-11-5-3-10(14)4-6-11/h3-6,8H,7,15H2,1-2H3. The first-order chi connectivity index (χ1) is 8.56. The summed E-state index contributed by atoms with van der Waals surface area (Å²) in [7, 11) is 0. The van der Waals surface area contributed by atoms with Crippen LogP contribution in [0.3, 0.4) is 0 Å². The lowest BCUT2D eigenvalue weighted by atomic mass is 10.2. The maximum Gasteiger partial charge on any atom is 0.103 e. The van der Waals surface area contributed by atoms with E-state index in [1.165, 1.54) is 9.77 Å². The smallest absolute Gasteiger partial charge is 0.103 e. The van der Waals surface area contributed by atoms with E-state index in [-0.39, 0.29) is 6.04 Å². The summed E-state index contributed by atoms with van der Waals surface area (Å²) in [6.45, 7) is 4.04. The average Bonchev–Trinajstić information content (AvgIpc) is 2.70. The summed E-state index contributed by atoms with van der Waals surface area (Å²) < 4.78 is 1.11. The predicted molar refractivity (Wildman–Crippen MR) is 83.2 cm³/mol. The topological polar surface area (TPSA) is 38.9 Å². The van der Waals surface area contributed by atoms with Gasteiger partial charge in [-0.2, -0.15) is 0 Å². The fourth-order valence-electron chi connectivity index (χ4n) is 1.63. The van der Waals surface area contributed by atoms with Crippen molar-refractivity contribution in [1.29, 1.82) is 0 Å². The number of aryl methyl sites for hydroxylation is 1. The van der Waals surface area contributed by atoms with E-state index in [4.69, 9.17) is 5.73 Å². The molecular formula is C13H15BrN2S2. The molecule has 1 heterocycles. The molecule has 0 aliphatic carbocycles. The molecule has 1 aromatic heterocycles. The van der Waals surface area contributed by atoms with Gasteiger partial charge in [0.1, 0.15) is 5.01 Å². The van der Waals surface area contributed by atoms with Crippen LogP contribution in [0.5, 0.6) is 0 Å². The van der Waals surface area contributed by atoms with Gasteiger partial charge in [-0.3, -0.25) is 0 Å². The fraction of sp³-hybridized carbons (Fsp3) is 0.308. The zero-order valence-electron chi connectivity index (χ0n) is 10.3. The monoisotopic (exact) mass is 342 g/mol. The van der Waals surface area contributed by atoms with Crippen LogP contribution in [-0.4, -0.2) is 4.98 Å². The molecule has 0 aliphatic heterocycles. The Labute approximate surface area is 124 Å². The number of rotatable bonds is 4. The van der Waals surface area contributed by atoms with Gasteiger partial charge in [-0.05, 0) is 38.1 Å². The first-order valence-corrected chi connectivity index (χ1v) is 8.26. The molecule has 0 bridgehead atoms. The van der Waals surface area contributed by atoms with Crippen molar-refractivity contribution in [2.24, 2.45) is 5.73 Å². The molecule has 0 spiro atoms. The van der Waals surface area contributed by atoms with E-state index < -0.39 is 0 Å². The van der Waals surface area contributed by atoms with Crippen LogP contribution in [0.1, 0.15) is 28.5 Å². The highest BCUT2D eigenvalue weighted by Crippen LogP contribution is 2.29. The molecule has 18 heavy (non-hydrogen) atoms. The summed E-state index contributed by atoms with van der Waals surface area (Å²) >= 11 is 6.96. The molecule has 0 aliphatic rings. The van der Waals surface area contributed by atoms with Gasteiger partial charge in [-0.15, -0.1) is 23.1 Å². The number of halogens is 1. The van der Waals surface area contributed by atoms with Gasteiger partial charge >= 0.3 is 0 Å². The Balaban J connectivity index is 2.02. The third kappa shape index (κ3) is 3.57. The van der Waals surface area contributed by atoms with Gasteiger partial charge in [0.05, 0.1) is 11.4 Å². The number of thioether (sulfide) groups is 1. The van der Waals surface area contributed by atoms with E-state index >= 15 is 0 Å². The van der Waals surface area contributed by atoms with Crippen LogP contribution in [0.2, 0.25) is 0 Å². The molecule has 0 radical (unpaired) electrons. The van der Waals surface area contributed by atoms with Gasteiger partial charge in [-0.25, -0.2) is 4.98 Å². The molecule has 2 rings (SSSR count). The lowest BCUT2D eigenvalue weighted by Gasteiger charge is -2.00. The van der Waals surface area contributed by atoms with Crippen molar-refractivity contribution in [3.8, 4) is 0 Å². The van der Waals surface area contributed by atoms with Gasteiger partial charge in [0.2, 0.25) is 0 Å². The van der Waals surface area contributed by atoms with Crippen molar-refractivity contribution in [1.82, 2.24) is 4.98 Å². The Morgan fingerprint density at radius 2 is 2.06 bits per heavy atom. The molecule has 0 fully saturated rings. The number of aromatic nitrogens is 1. The highest BCUT2D eigenvalue weighted by molar-refractivity contribution is 9.10. The van der Waals surface area contributed by atoms with E-state index in [0.717, 1.165) is 20.9 Å². The summed E-state index contributed by atoms with van der Waals surface area (Å²) in [6.07, 6.45) is 0.